The molecule has 2 saturated heterocycles. The topological polar surface area (TPSA) is 68.0 Å². The van der Waals surface area contributed by atoms with E-state index in [2.05, 4.69) is 10.3 Å². The zero-order valence-corrected chi connectivity index (χ0v) is 9.02. The highest BCUT2D eigenvalue weighted by molar-refractivity contribution is 6.02. The van der Waals surface area contributed by atoms with Crippen molar-refractivity contribution in [3.8, 4) is 0 Å². The van der Waals surface area contributed by atoms with Gasteiger partial charge in [0.05, 0.1) is 5.56 Å². The van der Waals surface area contributed by atoms with Gasteiger partial charge in [0.15, 0.2) is 5.78 Å². The van der Waals surface area contributed by atoms with Gasteiger partial charge in [-0.05, 0) is 25.3 Å². The Balaban J connectivity index is 1.86. The molecule has 0 radical (unpaired) electrons. The molecule has 3 unspecified atom stereocenters. The number of carbonyl (C=O) groups is 1. The first-order valence-corrected chi connectivity index (χ1v) is 5.75. The first kappa shape index (κ1) is 9.78. The molecule has 3 rings (SSSR count). The number of ketones is 1. The van der Waals surface area contributed by atoms with Crippen LogP contribution < -0.4 is 11.1 Å². The summed E-state index contributed by atoms with van der Waals surface area (Å²) in [5, 5.41) is 3.47. The van der Waals surface area contributed by atoms with Gasteiger partial charge in [0.25, 0.3) is 0 Å². The molecule has 16 heavy (non-hydrogen) atoms. The Hall–Kier alpha value is -1.42. The van der Waals surface area contributed by atoms with E-state index in [1.165, 1.54) is 6.42 Å². The number of nitrogen functional groups attached to an aromatic ring is 1. The molecule has 0 amide bonds. The minimum Gasteiger partial charge on any atom is -0.398 e. The van der Waals surface area contributed by atoms with Crippen molar-refractivity contribution in [2.45, 2.75) is 31.3 Å². The number of fused-ring (bicyclic) bond motifs is 2. The van der Waals surface area contributed by atoms with Crippen molar-refractivity contribution in [3.63, 3.8) is 0 Å². The monoisotopic (exact) mass is 217 g/mol. The Morgan fingerprint density at radius 3 is 3.00 bits per heavy atom. The fourth-order valence-corrected chi connectivity index (χ4v) is 2.92. The van der Waals surface area contributed by atoms with E-state index in [4.69, 9.17) is 5.73 Å². The van der Waals surface area contributed by atoms with Crippen molar-refractivity contribution in [1.29, 1.82) is 0 Å². The number of Topliss-reactive ketones (excluding diaryl/α,β-unsaturated/α-hetero) is 1. The van der Waals surface area contributed by atoms with Gasteiger partial charge in [-0.3, -0.25) is 9.78 Å². The van der Waals surface area contributed by atoms with Crippen LogP contribution in [0.2, 0.25) is 0 Å². The quantitative estimate of drug-likeness (QED) is 0.725. The van der Waals surface area contributed by atoms with Gasteiger partial charge in [-0.2, -0.15) is 0 Å². The van der Waals surface area contributed by atoms with Gasteiger partial charge in [0, 0.05) is 36.1 Å². The van der Waals surface area contributed by atoms with Crippen LogP contribution in [-0.4, -0.2) is 22.9 Å². The van der Waals surface area contributed by atoms with Crippen molar-refractivity contribution in [1.82, 2.24) is 10.3 Å². The molecule has 2 fully saturated rings. The van der Waals surface area contributed by atoms with E-state index in [0.29, 0.717) is 23.3 Å². The zero-order chi connectivity index (χ0) is 11.1. The SMILES string of the molecule is Nc1ccncc1C(=O)C1CC2CCC1N2. The van der Waals surface area contributed by atoms with Crippen molar-refractivity contribution in [2.75, 3.05) is 5.73 Å². The van der Waals surface area contributed by atoms with E-state index >= 15 is 0 Å². The maximum atomic E-state index is 12.3. The summed E-state index contributed by atoms with van der Waals surface area (Å²) in [6, 6.07) is 2.59. The molecule has 0 spiro atoms. The summed E-state index contributed by atoms with van der Waals surface area (Å²) in [6.07, 6.45) is 6.48. The van der Waals surface area contributed by atoms with Gasteiger partial charge in [0.2, 0.25) is 0 Å². The van der Waals surface area contributed by atoms with Crippen LogP contribution in [-0.2, 0) is 0 Å². The third-order valence-electron chi connectivity index (χ3n) is 3.76. The standard InChI is InChI=1S/C12H15N3O/c13-10-3-4-14-6-9(10)12(16)8-5-7-1-2-11(8)15-7/h3-4,6-8,11,15H,1-2,5H2,(H2,13,14). The van der Waals surface area contributed by atoms with E-state index in [9.17, 15) is 4.79 Å². The summed E-state index contributed by atoms with van der Waals surface area (Å²) < 4.78 is 0. The van der Waals surface area contributed by atoms with Gasteiger partial charge in [-0.25, -0.2) is 0 Å². The minimum absolute atomic E-state index is 0.102. The summed E-state index contributed by atoms with van der Waals surface area (Å²) in [5.74, 6) is 0.260. The molecule has 2 aliphatic rings. The molecule has 3 heterocycles. The smallest absolute Gasteiger partial charge is 0.171 e. The summed E-state index contributed by atoms with van der Waals surface area (Å²) >= 11 is 0. The highest BCUT2D eigenvalue weighted by Crippen LogP contribution is 2.35. The number of hydrogen-bond donors (Lipinski definition) is 2. The largest absolute Gasteiger partial charge is 0.398 e. The van der Waals surface area contributed by atoms with E-state index in [1.807, 2.05) is 0 Å². The van der Waals surface area contributed by atoms with Crippen molar-refractivity contribution >= 4 is 11.5 Å². The average Bonchev–Trinajstić information content (AvgIpc) is 2.90. The summed E-state index contributed by atoms with van der Waals surface area (Å²) in [5.41, 5.74) is 6.94. The van der Waals surface area contributed by atoms with Crippen molar-refractivity contribution in [3.05, 3.63) is 24.0 Å². The lowest BCUT2D eigenvalue weighted by atomic mass is 9.84. The first-order chi connectivity index (χ1) is 7.75. The molecule has 2 bridgehead atoms. The van der Waals surface area contributed by atoms with Gasteiger partial charge >= 0.3 is 0 Å². The molecule has 0 saturated carbocycles. The number of nitrogens with zero attached hydrogens (tertiary/aromatic N) is 1. The lowest BCUT2D eigenvalue weighted by molar-refractivity contribution is 0.0901. The molecular formula is C12H15N3O. The number of nitrogens with two attached hydrogens (primary N) is 1. The third-order valence-corrected chi connectivity index (χ3v) is 3.76. The number of nitrogens with one attached hydrogen (secondary N) is 1. The Morgan fingerprint density at radius 2 is 2.38 bits per heavy atom. The van der Waals surface area contributed by atoms with Crippen LogP contribution in [0.1, 0.15) is 29.6 Å². The highest BCUT2D eigenvalue weighted by atomic mass is 16.1. The van der Waals surface area contributed by atoms with Crippen LogP contribution in [0.4, 0.5) is 5.69 Å². The fourth-order valence-electron chi connectivity index (χ4n) is 2.92. The van der Waals surface area contributed by atoms with Crippen LogP contribution in [0.25, 0.3) is 0 Å². The van der Waals surface area contributed by atoms with Crippen LogP contribution in [0.15, 0.2) is 18.5 Å². The van der Waals surface area contributed by atoms with Crippen LogP contribution >= 0.6 is 0 Å². The van der Waals surface area contributed by atoms with Crippen molar-refractivity contribution in [2.24, 2.45) is 5.92 Å². The molecule has 2 aliphatic heterocycles. The van der Waals surface area contributed by atoms with Gasteiger partial charge in [0.1, 0.15) is 0 Å². The Labute approximate surface area is 94.2 Å². The second kappa shape index (κ2) is 3.56. The number of hydrogen-bond acceptors (Lipinski definition) is 4. The minimum atomic E-state index is 0.102. The molecule has 3 atom stereocenters. The summed E-state index contributed by atoms with van der Waals surface area (Å²) in [6.45, 7) is 0. The zero-order valence-electron chi connectivity index (χ0n) is 9.02. The van der Waals surface area contributed by atoms with E-state index < -0.39 is 0 Å². The lowest BCUT2D eigenvalue weighted by Gasteiger charge is -2.19. The van der Waals surface area contributed by atoms with E-state index in [-0.39, 0.29) is 11.7 Å². The molecule has 1 aromatic heterocycles. The Bertz CT molecular complexity index is 432. The third kappa shape index (κ3) is 1.41. The van der Waals surface area contributed by atoms with E-state index in [0.717, 1.165) is 12.8 Å². The summed E-state index contributed by atoms with van der Waals surface area (Å²) in [7, 11) is 0. The fraction of sp³-hybridized carbons (Fsp3) is 0.500. The first-order valence-electron chi connectivity index (χ1n) is 5.75. The molecule has 0 aromatic carbocycles. The van der Waals surface area contributed by atoms with Gasteiger partial charge in [-0.15, -0.1) is 0 Å². The van der Waals surface area contributed by atoms with Gasteiger partial charge < -0.3 is 11.1 Å². The molecule has 4 nitrogen and oxygen atoms in total. The van der Waals surface area contributed by atoms with Crippen molar-refractivity contribution < 1.29 is 4.79 Å². The summed E-state index contributed by atoms with van der Waals surface area (Å²) in [4.78, 5) is 16.3. The number of anilines is 1. The molecular weight excluding hydrogens is 202 g/mol. The Kier molecular flexibility index (Phi) is 2.17. The van der Waals surface area contributed by atoms with Crippen LogP contribution in [0, 0.1) is 5.92 Å². The number of pyridine rings is 1. The molecule has 4 heteroatoms. The number of aromatic nitrogens is 1. The maximum Gasteiger partial charge on any atom is 0.171 e. The Morgan fingerprint density at radius 1 is 1.50 bits per heavy atom. The molecule has 0 aliphatic carbocycles. The molecule has 3 N–H and O–H groups in total. The van der Waals surface area contributed by atoms with E-state index in [1.54, 1.807) is 18.5 Å². The predicted molar refractivity (Wildman–Crippen MR) is 61.0 cm³/mol. The molecule has 1 aromatic rings. The number of carbonyl (C=O) groups excluding carboxylic acids is 1. The maximum absolute atomic E-state index is 12.3. The number of rotatable bonds is 2. The second-order valence-electron chi connectivity index (χ2n) is 4.72. The lowest BCUT2D eigenvalue weighted by Crippen LogP contribution is -2.29. The average molecular weight is 217 g/mol. The second-order valence-corrected chi connectivity index (χ2v) is 4.72. The highest BCUT2D eigenvalue weighted by Gasteiger charge is 2.43. The normalized spacial score (nSPS) is 31.9. The van der Waals surface area contributed by atoms with Crippen LogP contribution in [0.3, 0.4) is 0 Å². The van der Waals surface area contributed by atoms with Crippen LogP contribution in [0.5, 0.6) is 0 Å². The molecule has 84 valence electrons. The predicted octanol–water partition coefficient (Wildman–Crippen LogP) is 0.987. The van der Waals surface area contributed by atoms with Gasteiger partial charge in [-0.1, -0.05) is 0 Å².